The van der Waals surface area contributed by atoms with Gasteiger partial charge in [0.2, 0.25) is 5.91 Å². The topological polar surface area (TPSA) is 45.7 Å². The van der Waals surface area contributed by atoms with Gasteiger partial charge in [0.15, 0.2) is 0 Å². The summed E-state index contributed by atoms with van der Waals surface area (Å²) < 4.78 is 5.35. The molecule has 3 heterocycles. The molecule has 1 unspecified atom stereocenters. The number of carbonyl (C=O) groups excluding carboxylic acids is 1. The summed E-state index contributed by atoms with van der Waals surface area (Å²) in [5.41, 5.74) is 1.10. The van der Waals surface area contributed by atoms with Crippen LogP contribution in [-0.4, -0.2) is 48.6 Å². The van der Waals surface area contributed by atoms with Crippen molar-refractivity contribution in [3.05, 3.63) is 36.5 Å². The Balaban J connectivity index is 1.81. The molecule has 1 fully saturated rings. The maximum atomic E-state index is 12.6. The Labute approximate surface area is 125 Å². The molecule has 1 amide bonds. The third-order valence-corrected chi connectivity index (χ3v) is 4.11. The van der Waals surface area contributed by atoms with Crippen molar-refractivity contribution in [2.45, 2.75) is 13.0 Å². The van der Waals surface area contributed by atoms with Crippen molar-refractivity contribution in [2.75, 3.05) is 37.7 Å². The monoisotopic (exact) mass is 287 g/mol. The number of hydrogen-bond acceptors (Lipinski definition) is 4. The molecule has 2 aliphatic rings. The van der Waals surface area contributed by atoms with Crippen molar-refractivity contribution in [1.82, 2.24) is 9.88 Å². The van der Waals surface area contributed by atoms with Gasteiger partial charge < -0.3 is 14.5 Å². The average molecular weight is 287 g/mol. The first-order chi connectivity index (χ1) is 10.3. The SMILES string of the molecule is C=CCN1CCN(C(=O)C2CCOC2)Cc2cccnc21. The van der Waals surface area contributed by atoms with Gasteiger partial charge in [0.1, 0.15) is 5.82 Å². The first-order valence-electron chi connectivity index (χ1n) is 7.46. The number of amides is 1. The summed E-state index contributed by atoms with van der Waals surface area (Å²) in [7, 11) is 0. The van der Waals surface area contributed by atoms with Crippen LogP contribution in [0.25, 0.3) is 0 Å². The van der Waals surface area contributed by atoms with Gasteiger partial charge in [-0.3, -0.25) is 4.79 Å². The highest BCUT2D eigenvalue weighted by Crippen LogP contribution is 2.24. The summed E-state index contributed by atoms with van der Waals surface area (Å²) in [5, 5.41) is 0. The summed E-state index contributed by atoms with van der Waals surface area (Å²) >= 11 is 0. The fraction of sp³-hybridized carbons (Fsp3) is 0.500. The summed E-state index contributed by atoms with van der Waals surface area (Å²) in [4.78, 5) is 21.2. The molecule has 2 aliphatic heterocycles. The zero-order valence-electron chi connectivity index (χ0n) is 12.2. The molecule has 0 aromatic carbocycles. The van der Waals surface area contributed by atoms with E-state index in [0.29, 0.717) is 19.8 Å². The minimum absolute atomic E-state index is 0.0241. The average Bonchev–Trinajstić information content (AvgIpc) is 2.98. The van der Waals surface area contributed by atoms with Gasteiger partial charge >= 0.3 is 0 Å². The molecule has 112 valence electrons. The van der Waals surface area contributed by atoms with E-state index in [4.69, 9.17) is 4.74 Å². The predicted molar refractivity (Wildman–Crippen MR) is 81.0 cm³/mol. The molecule has 3 rings (SSSR count). The van der Waals surface area contributed by atoms with Crippen LogP contribution in [0.2, 0.25) is 0 Å². The van der Waals surface area contributed by atoms with Gasteiger partial charge in [-0.2, -0.15) is 0 Å². The molecule has 0 bridgehead atoms. The van der Waals surface area contributed by atoms with Crippen LogP contribution in [0.3, 0.4) is 0 Å². The molecular formula is C16H21N3O2. The molecule has 0 radical (unpaired) electrons. The van der Waals surface area contributed by atoms with E-state index in [2.05, 4.69) is 22.5 Å². The number of rotatable bonds is 3. The van der Waals surface area contributed by atoms with Crippen molar-refractivity contribution in [1.29, 1.82) is 0 Å². The molecule has 5 nitrogen and oxygen atoms in total. The smallest absolute Gasteiger partial charge is 0.228 e. The van der Waals surface area contributed by atoms with E-state index in [1.807, 2.05) is 17.0 Å². The molecule has 21 heavy (non-hydrogen) atoms. The highest BCUT2D eigenvalue weighted by Gasteiger charge is 2.30. The zero-order chi connectivity index (χ0) is 14.7. The van der Waals surface area contributed by atoms with Crippen LogP contribution in [0.15, 0.2) is 31.0 Å². The first-order valence-corrected chi connectivity index (χ1v) is 7.46. The fourth-order valence-electron chi connectivity index (χ4n) is 2.98. The molecule has 5 heteroatoms. The highest BCUT2D eigenvalue weighted by molar-refractivity contribution is 5.79. The van der Waals surface area contributed by atoms with E-state index in [-0.39, 0.29) is 11.8 Å². The Kier molecular flexibility index (Phi) is 4.20. The maximum absolute atomic E-state index is 12.6. The third-order valence-electron chi connectivity index (χ3n) is 4.11. The van der Waals surface area contributed by atoms with Crippen LogP contribution < -0.4 is 4.90 Å². The normalized spacial score (nSPS) is 21.8. The van der Waals surface area contributed by atoms with E-state index in [9.17, 15) is 4.79 Å². The zero-order valence-corrected chi connectivity index (χ0v) is 12.2. The lowest BCUT2D eigenvalue weighted by atomic mass is 10.1. The Bertz CT molecular complexity index is 526. The van der Waals surface area contributed by atoms with Crippen LogP contribution in [0.5, 0.6) is 0 Å². The molecule has 1 aromatic rings. The minimum atomic E-state index is 0.0241. The lowest BCUT2D eigenvalue weighted by Crippen LogP contribution is -2.39. The number of carbonyl (C=O) groups is 1. The molecule has 0 N–H and O–H groups in total. The fourth-order valence-corrected chi connectivity index (χ4v) is 2.98. The Hall–Kier alpha value is -1.88. The second-order valence-corrected chi connectivity index (χ2v) is 5.54. The van der Waals surface area contributed by atoms with Gasteiger partial charge in [-0.05, 0) is 12.5 Å². The number of aromatic nitrogens is 1. The highest BCUT2D eigenvalue weighted by atomic mass is 16.5. The van der Waals surface area contributed by atoms with E-state index in [1.54, 1.807) is 6.20 Å². The number of fused-ring (bicyclic) bond motifs is 1. The maximum Gasteiger partial charge on any atom is 0.228 e. The lowest BCUT2D eigenvalue weighted by molar-refractivity contribution is -0.135. The van der Waals surface area contributed by atoms with Gasteiger partial charge in [0.05, 0.1) is 12.5 Å². The minimum Gasteiger partial charge on any atom is -0.381 e. The quantitative estimate of drug-likeness (QED) is 0.790. The lowest BCUT2D eigenvalue weighted by Gasteiger charge is -2.24. The second kappa shape index (κ2) is 6.26. The van der Waals surface area contributed by atoms with Crippen LogP contribution in [-0.2, 0) is 16.1 Å². The van der Waals surface area contributed by atoms with E-state index >= 15 is 0 Å². The van der Waals surface area contributed by atoms with Gasteiger partial charge in [-0.1, -0.05) is 12.1 Å². The third kappa shape index (κ3) is 2.93. The van der Waals surface area contributed by atoms with Gasteiger partial charge in [0, 0.05) is 44.5 Å². The largest absolute Gasteiger partial charge is 0.381 e. The number of nitrogens with zero attached hydrogens (tertiary/aromatic N) is 3. The van der Waals surface area contributed by atoms with Crippen LogP contribution in [0.1, 0.15) is 12.0 Å². The van der Waals surface area contributed by atoms with Gasteiger partial charge in [-0.25, -0.2) is 4.98 Å². The van der Waals surface area contributed by atoms with E-state index in [1.165, 1.54) is 0 Å². The number of ether oxygens (including phenoxy) is 1. The van der Waals surface area contributed by atoms with Crippen molar-refractivity contribution < 1.29 is 9.53 Å². The summed E-state index contributed by atoms with van der Waals surface area (Å²) in [6.45, 7) is 7.96. The predicted octanol–water partition coefficient (Wildman–Crippen LogP) is 1.45. The van der Waals surface area contributed by atoms with Crippen molar-refractivity contribution in [3.8, 4) is 0 Å². The molecule has 0 aliphatic carbocycles. The molecule has 0 saturated carbocycles. The second-order valence-electron chi connectivity index (χ2n) is 5.54. The van der Waals surface area contributed by atoms with E-state index < -0.39 is 0 Å². The Morgan fingerprint density at radius 3 is 3.19 bits per heavy atom. The van der Waals surface area contributed by atoms with Crippen LogP contribution >= 0.6 is 0 Å². The van der Waals surface area contributed by atoms with Gasteiger partial charge in [-0.15, -0.1) is 6.58 Å². The number of hydrogen-bond donors (Lipinski definition) is 0. The Morgan fingerprint density at radius 2 is 2.43 bits per heavy atom. The van der Waals surface area contributed by atoms with Crippen LogP contribution in [0, 0.1) is 5.92 Å². The summed E-state index contributed by atoms with van der Waals surface area (Å²) in [6.07, 6.45) is 4.52. The molecular weight excluding hydrogens is 266 g/mol. The molecule has 1 saturated heterocycles. The van der Waals surface area contributed by atoms with Crippen molar-refractivity contribution >= 4 is 11.7 Å². The summed E-state index contributed by atoms with van der Waals surface area (Å²) in [5.74, 6) is 1.20. The van der Waals surface area contributed by atoms with Crippen molar-refractivity contribution in [3.63, 3.8) is 0 Å². The first kappa shape index (κ1) is 14.1. The number of pyridine rings is 1. The molecule has 1 aromatic heterocycles. The standard InChI is InChI=1S/C16H21N3O2/c1-2-7-18-8-9-19(16(20)14-5-10-21-12-14)11-13-4-3-6-17-15(13)18/h2-4,6,14H,1,5,7-12H2. The molecule has 0 spiro atoms. The molecule has 1 atom stereocenters. The van der Waals surface area contributed by atoms with Crippen molar-refractivity contribution in [2.24, 2.45) is 5.92 Å². The van der Waals surface area contributed by atoms with Crippen LogP contribution in [0.4, 0.5) is 5.82 Å². The summed E-state index contributed by atoms with van der Waals surface area (Å²) in [6, 6.07) is 3.98. The Morgan fingerprint density at radius 1 is 1.52 bits per heavy atom. The number of anilines is 1. The van der Waals surface area contributed by atoms with Gasteiger partial charge in [0.25, 0.3) is 0 Å². The van der Waals surface area contributed by atoms with E-state index in [0.717, 1.165) is 37.4 Å².